The second-order valence-corrected chi connectivity index (χ2v) is 10.7. The van der Waals surface area contributed by atoms with Crippen LogP contribution in [0.2, 0.25) is 0 Å². The summed E-state index contributed by atoms with van der Waals surface area (Å²) in [6, 6.07) is 11.2. The first-order chi connectivity index (χ1) is 17.0. The summed E-state index contributed by atoms with van der Waals surface area (Å²) in [5.74, 6) is -0.810. The average molecular weight is 490 g/mol. The summed E-state index contributed by atoms with van der Waals surface area (Å²) < 4.78 is 34.4. The quantitative estimate of drug-likeness (QED) is 0.416. The van der Waals surface area contributed by atoms with Crippen LogP contribution in [0.4, 0.5) is 8.78 Å². The normalized spacial score (nSPS) is 22.1. The summed E-state index contributed by atoms with van der Waals surface area (Å²) >= 11 is 0. The van der Waals surface area contributed by atoms with E-state index in [1.165, 1.54) is 18.2 Å². The smallest absolute Gasteiger partial charge is 0.276 e. The molecule has 1 aromatic carbocycles. The first kappa shape index (κ1) is 22.8. The van der Waals surface area contributed by atoms with E-state index in [1.54, 1.807) is 26.0 Å². The lowest BCUT2D eigenvalue weighted by Gasteiger charge is -2.37. The molecular formula is C27H25F2N5O2. The second kappa shape index (κ2) is 7.46. The van der Waals surface area contributed by atoms with Crippen molar-refractivity contribution in [2.24, 2.45) is 5.41 Å². The standard InChI is InChI=1S/C27H25F2N5O2/c1-25(2)15-11-12-27(25,20-10-6-9-18(30-20)23-31-24(34-36-23)26(3,4)35)22-14(15)13-19(32-33-22)21-16(28)7-5-8-17(21)29/h5-10,13,15,35H,11-12H2,1-4H3/t15-,27+/m0/s1. The van der Waals surface area contributed by atoms with Crippen LogP contribution in [0, 0.1) is 17.0 Å². The molecule has 36 heavy (non-hydrogen) atoms. The van der Waals surface area contributed by atoms with Gasteiger partial charge in [0, 0.05) is 0 Å². The van der Waals surface area contributed by atoms with Crippen LogP contribution in [0.25, 0.3) is 22.8 Å². The van der Waals surface area contributed by atoms with Crippen LogP contribution in [0.1, 0.15) is 69.2 Å². The van der Waals surface area contributed by atoms with Crippen molar-refractivity contribution in [1.29, 1.82) is 0 Å². The van der Waals surface area contributed by atoms with Gasteiger partial charge in [-0.25, -0.2) is 13.8 Å². The van der Waals surface area contributed by atoms with E-state index < -0.39 is 22.7 Å². The molecule has 2 atom stereocenters. The molecule has 2 bridgehead atoms. The molecule has 7 nitrogen and oxygen atoms in total. The van der Waals surface area contributed by atoms with E-state index in [-0.39, 0.29) is 34.3 Å². The maximum Gasteiger partial charge on any atom is 0.276 e. The number of aliphatic hydroxyl groups is 1. The zero-order chi connectivity index (χ0) is 25.5. The van der Waals surface area contributed by atoms with E-state index in [1.807, 2.05) is 12.1 Å². The number of pyridine rings is 1. The van der Waals surface area contributed by atoms with Gasteiger partial charge in [0.15, 0.2) is 0 Å². The molecule has 9 heteroatoms. The molecule has 0 aliphatic heterocycles. The van der Waals surface area contributed by atoms with Gasteiger partial charge in [0.2, 0.25) is 5.82 Å². The minimum atomic E-state index is -1.24. The number of fused-ring (bicyclic) bond motifs is 5. The maximum absolute atomic E-state index is 14.5. The fraction of sp³-hybridized carbons (Fsp3) is 0.370. The van der Waals surface area contributed by atoms with Gasteiger partial charge in [0.05, 0.1) is 28.1 Å². The summed E-state index contributed by atoms with van der Waals surface area (Å²) in [6.07, 6.45) is 1.70. The lowest BCUT2D eigenvalue weighted by atomic mass is 9.66. The summed E-state index contributed by atoms with van der Waals surface area (Å²) in [5, 5.41) is 23.0. The van der Waals surface area contributed by atoms with E-state index in [0.717, 1.165) is 29.8 Å². The molecule has 0 radical (unpaired) electrons. The minimum absolute atomic E-state index is 0.132. The van der Waals surface area contributed by atoms with E-state index in [2.05, 4.69) is 34.2 Å². The van der Waals surface area contributed by atoms with Crippen molar-refractivity contribution in [2.45, 2.75) is 57.5 Å². The van der Waals surface area contributed by atoms with Gasteiger partial charge in [0.1, 0.15) is 22.9 Å². The van der Waals surface area contributed by atoms with Crippen molar-refractivity contribution in [3.05, 3.63) is 76.9 Å². The third kappa shape index (κ3) is 3.01. The van der Waals surface area contributed by atoms with Gasteiger partial charge in [-0.1, -0.05) is 31.1 Å². The number of hydrogen-bond donors (Lipinski definition) is 1. The predicted molar refractivity (Wildman–Crippen MR) is 127 cm³/mol. The van der Waals surface area contributed by atoms with Crippen molar-refractivity contribution < 1.29 is 18.4 Å². The Labute approximate surface area is 206 Å². The first-order valence-corrected chi connectivity index (χ1v) is 11.9. The highest BCUT2D eigenvalue weighted by Gasteiger charge is 2.65. The van der Waals surface area contributed by atoms with Gasteiger partial charge < -0.3 is 9.63 Å². The topological polar surface area (TPSA) is 97.8 Å². The molecule has 6 rings (SSSR count). The maximum atomic E-state index is 14.5. The molecule has 1 fully saturated rings. The number of halogens is 2. The highest BCUT2D eigenvalue weighted by molar-refractivity contribution is 5.64. The van der Waals surface area contributed by atoms with Crippen LogP contribution in [0.5, 0.6) is 0 Å². The molecule has 1 saturated carbocycles. The van der Waals surface area contributed by atoms with Gasteiger partial charge in [-0.15, -0.1) is 5.10 Å². The SMILES string of the molecule is CC(C)(O)c1noc(-c2cccc([C@]34CC[C@@H](c5cc(-c6c(F)cccc6F)nnc53)C4(C)C)n2)n1. The Morgan fingerprint density at radius 3 is 2.42 bits per heavy atom. The van der Waals surface area contributed by atoms with Crippen LogP contribution in [0.3, 0.4) is 0 Å². The summed E-state index contributed by atoms with van der Waals surface area (Å²) in [5.41, 5.74) is 1.01. The van der Waals surface area contributed by atoms with E-state index >= 15 is 0 Å². The Morgan fingerprint density at radius 1 is 1.00 bits per heavy atom. The third-order valence-electron chi connectivity index (χ3n) is 7.98. The Morgan fingerprint density at radius 2 is 1.72 bits per heavy atom. The predicted octanol–water partition coefficient (Wildman–Crippen LogP) is 5.30. The highest BCUT2D eigenvalue weighted by atomic mass is 19.1. The summed E-state index contributed by atoms with van der Waals surface area (Å²) in [6.45, 7) is 7.54. The van der Waals surface area contributed by atoms with Crippen molar-refractivity contribution in [3.63, 3.8) is 0 Å². The molecule has 3 heterocycles. The monoisotopic (exact) mass is 489 g/mol. The first-order valence-electron chi connectivity index (χ1n) is 11.9. The van der Waals surface area contributed by atoms with E-state index in [9.17, 15) is 13.9 Å². The molecular weight excluding hydrogens is 464 g/mol. The van der Waals surface area contributed by atoms with Crippen LogP contribution in [-0.2, 0) is 11.0 Å². The van der Waals surface area contributed by atoms with Gasteiger partial charge in [0.25, 0.3) is 5.89 Å². The molecule has 184 valence electrons. The lowest BCUT2D eigenvalue weighted by Crippen LogP contribution is -2.37. The fourth-order valence-electron chi connectivity index (χ4n) is 6.12. The fourth-order valence-corrected chi connectivity index (χ4v) is 6.12. The van der Waals surface area contributed by atoms with E-state index in [4.69, 9.17) is 9.51 Å². The number of benzene rings is 1. The number of rotatable bonds is 4. The van der Waals surface area contributed by atoms with Crippen LogP contribution in [-0.4, -0.2) is 30.4 Å². The third-order valence-corrected chi connectivity index (χ3v) is 7.98. The Bertz CT molecular complexity index is 1490. The van der Waals surface area contributed by atoms with Crippen LogP contribution < -0.4 is 0 Å². The molecule has 0 amide bonds. The Kier molecular flexibility index (Phi) is 4.73. The van der Waals surface area contributed by atoms with Gasteiger partial charge in [-0.05, 0) is 73.9 Å². The van der Waals surface area contributed by atoms with Crippen molar-refractivity contribution in [2.75, 3.05) is 0 Å². The molecule has 0 saturated heterocycles. The molecule has 0 spiro atoms. The number of aromatic nitrogens is 5. The largest absolute Gasteiger partial charge is 0.382 e. The molecule has 0 unspecified atom stereocenters. The van der Waals surface area contributed by atoms with Gasteiger partial charge in [-0.3, -0.25) is 0 Å². The van der Waals surface area contributed by atoms with Crippen LogP contribution in [0.15, 0.2) is 47.0 Å². The molecule has 2 aliphatic carbocycles. The average Bonchev–Trinajstić information content (AvgIpc) is 3.48. The summed E-state index contributed by atoms with van der Waals surface area (Å²) in [7, 11) is 0. The van der Waals surface area contributed by atoms with Crippen molar-refractivity contribution in [3.8, 4) is 22.8 Å². The Balaban J connectivity index is 1.48. The summed E-state index contributed by atoms with van der Waals surface area (Å²) in [4.78, 5) is 9.26. The highest BCUT2D eigenvalue weighted by Crippen LogP contribution is 2.69. The number of nitrogens with zero attached hydrogens (tertiary/aromatic N) is 5. The number of hydrogen-bond acceptors (Lipinski definition) is 7. The molecule has 3 aromatic heterocycles. The van der Waals surface area contributed by atoms with Gasteiger partial charge >= 0.3 is 0 Å². The second-order valence-electron chi connectivity index (χ2n) is 10.7. The zero-order valence-corrected chi connectivity index (χ0v) is 20.4. The van der Waals surface area contributed by atoms with Crippen LogP contribution >= 0.6 is 0 Å². The van der Waals surface area contributed by atoms with Gasteiger partial charge in [-0.2, -0.15) is 10.1 Å². The molecule has 2 aliphatic rings. The lowest BCUT2D eigenvalue weighted by molar-refractivity contribution is 0.0661. The minimum Gasteiger partial charge on any atom is -0.382 e. The zero-order valence-electron chi connectivity index (χ0n) is 20.4. The van der Waals surface area contributed by atoms with Crippen molar-refractivity contribution in [1.82, 2.24) is 25.3 Å². The van der Waals surface area contributed by atoms with E-state index in [0.29, 0.717) is 5.69 Å². The molecule has 4 aromatic rings. The Hall–Kier alpha value is -3.59. The molecule has 1 N–H and O–H groups in total. The van der Waals surface area contributed by atoms with Crippen molar-refractivity contribution >= 4 is 0 Å².